The van der Waals surface area contributed by atoms with E-state index >= 15 is 0 Å². The molecule has 2 N–H and O–H groups in total. The Morgan fingerprint density at radius 3 is 2.61 bits per heavy atom. The van der Waals surface area contributed by atoms with Crippen molar-refractivity contribution in [3.63, 3.8) is 0 Å². The number of imidazole rings is 1. The van der Waals surface area contributed by atoms with Crippen LogP contribution in [-0.2, 0) is 13.1 Å². The quantitative estimate of drug-likeness (QED) is 0.410. The second-order valence-electron chi connectivity index (χ2n) is 10.0. The van der Waals surface area contributed by atoms with Crippen LogP contribution in [0.15, 0.2) is 59.8 Å². The molecule has 2 bridgehead atoms. The van der Waals surface area contributed by atoms with Gasteiger partial charge in [-0.25, -0.2) is 9.97 Å². The highest BCUT2D eigenvalue weighted by atomic mass is 19.4. The number of nitrogens with one attached hydrogen (secondary N) is 2. The Morgan fingerprint density at radius 1 is 1.03 bits per heavy atom. The number of halogens is 3. The summed E-state index contributed by atoms with van der Waals surface area (Å²) in [5, 5.41) is 6.05. The first-order valence-electron chi connectivity index (χ1n) is 11.7. The second kappa shape index (κ2) is 7.89. The third-order valence-electron chi connectivity index (χ3n) is 7.37. The van der Waals surface area contributed by atoms with Crippen LogP contribution in [0.2, 0.25) is 0 Å². The molecule has 0 saturated heterocycles. The van der Waals surface area contributed by atoms with Gasteiger partial charge in [0, 0.05) is 37.7 Å². The fourth-order valence-electron chi connectivity index (χ4n) is 5.67. The highest BCUT2D eigenvalue weighted by Crippen LogP contribution is 2.78. The monoisotopic (exact) mass is 496 g/mol. The molecule has 3 saturated carbocycles. The average molecular weight is 496 g/mol. The minimum absolute atomic E-state index is 0.0354. The number of alkyl halides is 3. The maximum absolute atomic E-state index is 13.0. The summed E-state index contributed by atoms with van der Waals surface area (Å²) in [6, 6.07) is 10.1. The zero-order chi connectivity index (χ0) is 25.1. The molecular weight excluding hydrogens is 473 g/mol. The van der Waals surface area contributed by atoms with E-state index in [1.54, 1.807) is 30.6 Å². The lowest BCUT2D eigenvalue weighted by Gasteiger charge is -2.70. The van der Waals surface area contributed by atoms with Crippen LogP contribution in [0.1, 0.15) is 41.0 Å². The Morgan fingerprint density at radius 2 is 1.83 bits per heavy atom. The summed E-state index contributed by atoms with van der Waals surface area (Å²) in [7, 11) is 0. The predicted molar refractivity (Wildman–Crippen MR) is 124 cm³/mol. The predicted octanol–water partition coefficient (Wildman–Crippen LogP) is 3.09. The van der Waals surface area contributed by atoms with Crippen LogP contribution in [0.25, 0.3) is 11.3 Å². The summed E-state index contributed by atoms with van der Waals surface area (Å²) in [5.74, 6) is -0.471. The zero-order valence-corrected chi connectivity index (χ0v) is 19.2. The number of carbonyl (C=O) groups excluding carboxylic acids is 1. The van der Waals surface area contributed by atoms with E-state index in [2.05, 4.69) is 20.6 Å². The first-order chi connectivity index (χ1) is 17.2. The first kappa shape index (κ1) is 22.7. The molecule has 0 radical (unpaired) electrons. The van der Waals surface area contributed by atoms with Gasteiger partial charge in [0.25, 0.3) is 11.5 Å². The molecule has 36 heavy (non-hydrogen) atoms. The number of aromatic nitrogens is 4. The van der Waals surface area contributed by atoms with Crippen molar-refractivity contribution >= 4 is 17.2 Å². The van der Waals surface area contributed by atoms with Crippen LogP contribution >= 0.6 is 0 Å². The highest BCUT2D eigenvalue weighted by Gasteiger charge is 2.77. The zero-order valence-electron chi connectivity index (χ0n) is 19.2. The highest BCUT2D eigenvalue weighted by molar-refractivity contribution is 5.92. The molecule has 8 nitrogen and oxygen atoms in total. The van der Waals surface area contributed by atoms with Crippen LogP contribution in [0, 0.1) is 10.8 Å². The Labute approximate surface area is 203 Å². The second-order valence-corrected chi connectivity index (χ2v) is 10.0. The van der Waals surface area contributed by atoms with Gasteiger partial charge in [0.1, 0.15) is 17.0 Å². The maximum atomic E-state index is 13.0. The summed E-state index contributed by atoms with van der Waals surface area (Å²) in [5.41, 5.74) is 0.782. The number of nitrogens with zero attached hydrogens (tertiary/aromatic N) is 4. The molecule has 4 heterocycles. The van der Waals surface area contributed by atoms with Gasteiger partial charge >= 0.3 is 6.18 Å². The Balaban J connectivity index is 1.05. The molecule has 7 rings (SSSR count). The lowest BCUT2D eigenvalue weighted by atomic mass is 9.35. The van der Waals surface area contributed by atoms with Crippen molar-refractivity contribution in [2.24, 2.45) is 10.8 Å². The topological polar surface area (TPSA) is 92.8 Å². The molecule has 0 aliphatic heterocycles. The number of hydrogen-bond acceptors (Lipinski definition) is 5. The lowest BCUT2D eigenvalue weighted by Crippen LogP contribution is -2.70. The number of rotatable bonds is 7. The standard InChI is InChI=1S/C25H23F3N6O2/c26-25(27,28)24-12-23(13-24,14-24)15-29-8-16-4-5-19-31-17(11-33(19)10-16)9-30-22(36)18-7-21(35)34-6-2-1-3-20(34)32-18/h1-7,10-11,29H,8-9,12-15H2,(H,30,36). The van der Waals surface area contributed by atoms with Crippen molar-refractivity contribution in [1.29, 1.82) is 0 Å². The smallest absolute Gasteiger partial charge is 0.345 e. The Bertz CT molecular complexity index is 1540. The summed E-state index contributed by atoms with van der Waals surface area (Å²) < 4.78 is 42.3. The van der Waals surface area contributed by atoms with Crippen LogP contribution in [0.3, 0.4) is 0 Å². The molecule has 3 fully saturated rings. The van der Waals surface area contributed by atoms with Gasteiger partial charge in [0.2, 0.25) is 0 Å². The molecular formula is C25H23F3N6O2. The van der Waals surface area contributed by atoms with Crippen LogP contribution in [-0.4, -0.2) is 37.4 Å². The first-order valence-corrected chi connectivity index (χ1v) is 11.7. The summed E-state index contributed by atoms with van der Waals surface area (Å²) in [4.78, 5) is 33.5. The van der Waals surface area contributed by atoms with Crippen molar-refractivity contribution in [2.45, 2.75) is 38.5 Å². The summed E-state index contributed by atoms with van der Waals surface area (Å²) in [6.45, 7) is 1.29. The van der Waals surface area contributed by atoms with Crippen molar-refractivity contribution < 1.29 is 18.0 Å². The van der Waals surface area contributed by atoms with E-state index in [0.717, 1.165) is 5.56 Å². The molecule has 186 valence electrons. The molecule has 4 aromatic heterocycles. The van der Waals surface area contributed by atoms with Gasteiger partial charge in [-0.3, -0.25) is 14.0 Å². The largest absolute Gasteiger partial charge is 0.394 e. The minimum atomic E-state index is -4.08. The number of pyridine rings is 2. The van der Waals surface area contributed by atoms with E-state index in [1.165, 1.54) is 10.5 Å². The van der Waals surface area contributed by atoms with Crippen molar-refractivity contribution in [2.75, 3.05) is 6.54 Å². The van der Waals surface area contributed by atoms with Crippen LogP contribution < -0.4 is 16.2 Å². The van der Waals surface area contributed by atoms with Gasteiger partial charge in [0.15, 0.2) is 0 Å². The molecule has 0 aromatic carbocycles. The van der Waals surface area contributed by atoms with Gasteiger partial charge in [-0.05, 0) is 48.4 Å². The minimum Gasteiger partial charge on any atom is -0.345 e. The van der Waals surface area contributed by atoms with E-state index in [4.69, 9.17) is 0 Å². The van der Waals surface area contributed by atoms with Crippen LogP contribution in [0.4, 0.5) is 13.2 Å². The van der Waals surface area contributed by atoms with Gasteiger partial charge in [-0.2, -0.15) is 13.2 Å². The van der Waals surface area contributed by atoms with Gasteiger partial charge in [0.05, 0.1) is 17.7 Å². The molecule has 1 amide bonds. The number of carbonyl (C=O) groups is 1. The maximum Gasteiger partial charge on any atom is 0.394 e. The molecule has 3 aliphatic rings. The summed E-state index contributed by atoms with van der Waals surface area (Å²) >= 11 is 0. The molecule has 3 aliphatic carbocycles. The number of fused-ring (bicyclic) bond motifs is 2. The fraction of sp³-hybridized carbons (Fsp3) is 0.360. The van der Waals surface area contributed by atoms with Crippen LogP contribution in [0.5, 0.6) is 0 Å². The Hall–Kier alpha value is -3.73. The third kappa shape index (κ3) is 3.74. The number of hydrogen-bond donors (Lipinski definition) is 2. The third-order valence-corrected chi connectivity index (χ3v) is 7.37. The van der Waals surface area contributed by atoms with Gasteiger partial charge < -0.3 is 15.0 Å². The van der Waals surface area contributed by atoms with Crippen molar-refractivity contribution in [1.82, 2.24) is 29.4 Å². The molecule has 0 unspecified atom stereocenters. The molecule has 0 spiro atoms. The lowest BCUT2D eigenvalue weighted by molar-refractivity contribution is -0.361. The fourth-order valence-corrected chi connectivity index (χ4v) is 5.67. The van der Waals surface area contributed by atoms with E-state index in [0.29, 0.717) is 30.1 Å². The molecule has 11 heteroatoms. The normalized spacial score (nSPS) is 22.9. The van der Waals surface area contributed by atoms with E-state index in [1.807, 2.05) is 22.7 Å². The van der Waals surface area contributed by atoms with Gasteiger partial charge in [-0.15, -0.1) is 0 Å². The Kier molecular flexibility index (Phi) is 4.98. The van der Waals surface area contributed by atoms with E-state index in [9.17, 15) is 22.8 Å². The average Bonchev–Trinajstić information content (AvgIpc) is 3.19. The number of amides is 1. The summed E-state index contributed by atoms with van der Waals surface area (Å²) in [6.07, 6.45) is 1.91. The van der Waals surface area contributed by atoms with E-state index in [-0.39, 0.29) is 42.5 Å². The van der Waals surface area contributed by atoms with Crippen molar-refractivity contribution in [3.8, 4) is 0 Å². The molecule has 0 atom stereocenters. The van der Waals surface area contributed by atoms with Crippen molar-refractivity contribution in [3.05, 3.63) is 82.3 Å². The SMILES string of the molecule is O=C(NCc1cn2cc(CNCC34CC(C(F)(F)F)(C3)C4)ccc2n1)c1cc(=O)n2ccccc2n1. The molecule has 4 aromatic rings. The van der Waals surface area contributed by atoms with Gasteiger partial charge in [-0.1, -0.05) is 12.1 Å². The van der Waals surface area contributed by atoms with E-state index < -0.39 is 17.5 Å².